The highest BCUT2D eigenvalue weighted by atomic mass is 16.3. The molecule has 1 aromatic carbocycles. The Bertz CT molecular complexity index is 343. The van der Waals surface area contributed by atoms with Gasteiger partial charge in [0.1, 0.15) is 0 Å². The topological polar surface area (TPSA) is 23.5 Å². The average molecular weight is 203 g/mol. The van der Waals surface area contributed by atoms with Crippen molar-refractivity contribution in [3.8, 4) is 0 Å². The molecule has 80 valence electrons. The summed E-state index contributed by atoms with van der Waals surface area (Å²) in [5, 5.41) is 9.47. The summed E-state index contributed by atoms with van der Waals surface area (Å²) in [6, 6.07) is 10.6. The number of fused-ring (bicyclic) bond motifs is 1. The van der Waals surface area contributed by atoms with Gasteiger partial charge in [-0.3, -0.25) is 4.90 Å². The standard InChI is InChI=1S/C13H17NO/c15-10-13-6-12(7-13)9-14(13)8-11-4-2-1-3-5-11/h1-5,12,15H,6-10H2. The maximum absolute atomic E-state index is 9.47. The van der Waals surface area contributed by atoms with E-state index in [4.69, 9.17) is 0 Å². The first kappa shape index (κ1) is 9.37. The van der Waals surface area contributed by atoms with E-state index in [1.807, 2.05) is 0 Å². The molecule has 0 unspecified atom stereocenters. The van der Waals surface area contributed by atoms with Crippen molar-refractivity contribution in [1.29, 1.82) is 0 Å². The lowest BCUT2D eigenvalue weighted by atomic mass is 9.74. The monoisotopic (exact) mass is 203 g/mol. The third-order valence-corrected chi connectivity index (χ3v) is 4.00. The summed E-state index contributed by atoms with van der Waals surface area (Å²) < 4.78 is 0. The van der Waals surface area contributed by atoms with Gasteiger partial charge in [0.25, 0.3) is 0 Å². The first-order chi connectivity index (χ1) is 7.32. The summed E-state index contributed by atoms with van der Waals surface area (Å²) in [4.78, 5) is 2.47. The van der Waals surface area contributed by atoms with Gasteiger partial charge in [0.2, 0.25) is 0 Å². The van der Waals surface area contributed by atoms with Crippen LogP contribution in [-0.2, 0) is 6.54 Å². The molecule has 1 aromatic rings. The molecular weight excluding hydrogens is 186 g/mol. The fraction of sp³-hybridized carbons (Fsp3) is 0.538. The normalized spacial score (nSPS) is 34.1. The third-order valence-electron chi connectivity index (χ3n) is 4.00. The summed E-state index contributed by atoms with van der Waals surface area (Å²) in [6.07, 6.45) is 2.41. The number of nitrogens with zero attached hydrogens (tertiary/aromatic N) is 1. The summed E-state index contributed by atoms with van der Waals surface area (Å²) in [7, 11) is 0. The molecule has 0 amide bonds. The van der Waals surface area contributed by atoms with E-state index in [0.717, 1.165) is 12.5 Å². The molecule has 0 spiro atoms. The number of aliphatic hydroxyl groups is 1. The molecule has 2 bridgehead atoms. The molecule has 3 fully saturated rings. The van der Waals surface area contributed by atoms with Gasteiger partial charge in [-0.2, -0.15) is 0 Å². The molecule has 2 heteroatoms. The predicted molar refractivity (Wildman–Crippen MR) is 59.4 cm³/mol. The number of hydrogen-bond donors (Lipinski definition) is 1. The predicted octanol–water partition coefficient (Wildman–Crippen LogP) is 1.64. The Balaban J connectivity index is 1.74. The largest absolute Gasteiger partial charge is 0.394 e. The minimum absolute atomic E-state index is 0.139. The van der Waals surface area contributed by atoms with Gasteiger partial charge >= 0.3 is 0 Å². The van der Waals surface area contributed by atoms with Gasteiger partial charge in [0.15, 0.2) is 0 Å². The Labute approximate surface area is 90.5 Å². The molecular formula is C13H17NO. The molecule has 0 aromatic heterocycles. The van der Waals surface area contributed by atoms with Gasteiger partial charge in [0.05, 0.1) is 6.61 Å². The van der Waals surface area contributed by atoms with Crippen LogP contribution in [0.3, 0.4) is 0 Å². The zero-order valence-electron chi connectivity index (χ0n) is 8.89. The molecule has 1 saturated carbocycles. The molecule has 4 rings (SSSR count). The molecule has 2 saturated heterocycles. The molecule has 15 heavy (non-hydrogen) atoms. The molecule has 1 aliphatic carbocycles. The first-order valence-corrected chi connectivity index (χ1v) is 5.72. The van der Waals surface area contributed by atoms with E-state index in [1.54, 1.807) is 0 Å². The Morgan fingerprint density at radius 2 is 2.00 bits per heavy atom. The number of rotatable bonds is 3. The number of aliphatic hydroxyl groups excluding tert-OH is 1. The van der Waals surface area contributed by atoms with Crippen molar-refractivity contribution >= 4 is 0 Å². The van der Waals surface area contributed by atoms with Crippen molar-refractivity contribution in [2.45, 2.75) is 24.9 Å². The smallest absolute Gasteiger partial charge is 0.0615 e. The molecule has 0 atom stereocenters. The van der Waals surface area contributed by atoms with Gasteiger partial charge < -0.3 is 5.11 Å². The van der Waals surface area contributed by atoms with Gasteiger partial charge in [0, 0.05) is 18.6 Å². The van der Waals surface area contributed by atoms with Crippen molar-refractivity contribution in [3.63, 3.8) is 0 Å². The van der Waals surface area contributed by atoms with Gasteiger partial charge in [-0.15, -0.1) is 0 Å². The maximum Gasteiger partial charge on any atom is 0.0615 e. The molecule has 2 heterocycles. The minimum atomic E-state index is 0.139. The fourth-order valence-corrected chi connectivity index (χ4v) is 3.17. The van der Waals surface area contributed by atoms with Crippen LogP contribution in [0.15, 0.2) is 30.3 Å². The highest BCUT2D eigenvalue weighted by Crippen LogP contribution is 2.50. The van der Waals surface area contributed by atoms with Crippen molar-refractivity contribution in [2.75, 3.05) is 13.2 Å². The van der Waals surface area contributed by atoms with Crippen molar-refractivity contribution in [3.05, 3.63) is 35.9 Å². The van der Waals surface area contributed by atoms with Crippen molar-refractivity contribution < 1.29 is 5.11 Å². The van der Waals surface area contributed by atoms with Crippen LogP contribution >= 0.6 is 0 Å². The lowest BCUT2D eigenvalue weighted by Gasteiger charge is -2.40. The van der Waals surface area contributed by atoms with Crippen LogP contribution < -0.4 is 0 Å². The third kappa shape index (κ3) is 1.40. The van der Waals surface area contributed by atoms with E-state index in [1.165, 1.54) is 24.9 Å². The average Bonchev–Trinajstić information content (AvgIpc) is 2.72. The van der Waals surface area contributed by atoms with Gasteiger partial charge in [-0.1, -0.05) is 30.3 Å². The number of hydrogen-bond acceptors (Lipinski definition) is 2. The van der Waals surface area contributed by atoms with E-state index < -0.39 is 0 Å². The summed E-state index contributed by atoms with van der Waals surface area (Å²) in [5.41, 5.74) is 1.50. The SMILES string of the molecule is OCC12CC(CN1Cc1ccccc1)C2. The Kier molecular flexibility index (Phi) is 2.08. The molecule has 3 aliphatic rings. The maximum atomic E-state index is 9.47. The lowest BCUT2D eigenvalue weighted by Crippen LogP contribution is -2.48. The molecule has 0 radical (unpaired) electrons. The summed E-state index contributed by atoms with van der Waals surface area (Å²) >= 11 is 0. The van der Waals surface area contributed by atoms with E-state index in [-0.39, 0.29) is 5.54 Å². The second-order valence-electron chi connectivity index (χ2n) is 5.02. The van der Waals surface area contributed by atoms with Crippen LogP contribution in [0.1, 0.15) is 18.4 Å². The number of benzene rings is 1. The quantitative estimate of drug-likeness (QED) is 0.807. The van der Waals surface area contributed by atoms with Crippen molar-refractivity contribution in [1.82, 2.24) is 4.90 Å². The van der Waals surface area contributed by atoms with Crippen LogP contribution in [0.5, 0.6) is 0 Å². The van der Waals surface area contributed by atoms with E-state index in [0.29, 0.717) is 6.61 Å². The molecule has 2 nitrogen and oxygen atoms in total. The Morgan fingerprint density at radius 1 is 1.27 bits per heavy atom. The Morgan fingerprint density at radius 3 is 2.67 bits per heavy atom. The van der Waals surface area contributed by atoms with E-state index in [2.05, 4.69) is 35.2 Å². The van der Waals surface area contributed by atoms with Crippen molar-refractivity contribution in [2.24, 2.45) is 5.92 Å². The van der Waals surface area contributed by atoms with Crippen LogP contribution in [0, 0.1) is 5.92 Å². The highest BCUT2D eigenvalue weighted by Gasteiger charge is 2.55. The first-order valence-electron chi connectivity index (χ1n) is 5.72. The Hall–Kier alpha value is -0.860. The fourth-order valence-electron chi connectivity index (χ4n) is 3.17. The van der Waals surface area contributed by atoms with Gasteiger partial charge in [-0.05, 0) is 24.3 Å². The van der Waals surface area contributed by atoms with E-state index >= 15 is 0 Å². The molecule has 2 aliphatic heterocycles. The minimum Gasteiger partial charge on any atom is -0.394 e. The van der Waals surface area contributed by atoms with Crippen LogP contribution in [0.4, 0.5) is 0 Å². The van der Waals surface area contributed by atoms with Gasteiger partial charge in [-0.25, -0.2) is 0 Å². The summed E-state index contributed by atoms with van der Waals surface area (Å²) in [6.45, 7) is 2.50. The van der Waals surface area contributed by atoms with E-state index in [9.17, 15) is 5.11 Å². The highest BCUT2D eigenvalue weighted by molar-refractivity contribution is 5.18. The molecule has 1 N–H and O–H groups in total. The zero-order valence-corrected chi connectivity index (χ0v) is 8.89. The van der Waals surface area contributed by atoms with Crippen LogP contribution in [0.2, 0.25) is 0 Å². The zero-order chi connectivity index (χ0) is 10.3. The van der Waals surface area contributed by atoms with Crippen LogP contribution in [-0.4, -0.2) is 28.7 Å². The lowest BCUT2D eigenvalue weighted by molar-refractivity contribution is 0.0335. The second-order valence-corrected chi connectivity index (χ2v) is 5.02. The second kappa shape index (κ2) is 3.32. The van der Waals surface area contributed by atoms with Crippen LogP contribution in [0.25, 0.3) is 0 Å². The summed E-state index contributed by atoms with van der Waals surface area (Å²) in [5.74, 6) is 0.848.